The van der Waals surface area contributed by atoms with E-state index in [1.165, 1.54) is 115 Å². The van der Waals surface area contributed by atoms with Crippen molar-refractivity contribution < 1.29 is 0 Å². The second-order valence-corrected chi connectivity index (χ2v) is 21.0. The van der Waals surface area contributed by atoms with Crippen molar-refractivity contribution in [3.8, 4) is 55.6 Å². The van der Waals surface area contributed by atoms with Crippen molar-refractivity contribution in [2.24, 2.45) is 0 Å². The molecule has 1 nitrogen and oxygen atoms in total. The van der Waals surface area contributed by atoms with E-state index < -0.39 is 5.41 Å². The molecule has 0 aliphatic heterocycles. The van der Waals surface area contributed by atoms with Gasteiger partial charge in [-0.2, -0.15) is 0 Å². The quantitative estimate of drug-likeness (QED) is 0.147. The van der Waals surface area contributed by atoms with Gasteiger partial charge in [-0.05, 0) is 126 Å². The number of rotatable bonds is 8. The van der Waals surface area contributed by atoms with E-state index in [0.29, 0.717) is 0 Å². The van der Waals surface area contributed by atoms with E-state index in [4.69, 9.17) is 0 Å². The number of anilines is 3. The largest absolute Gasteiger partial charge is 0.310 e. The number of para-hydroxylation sites is 1. The first kappa shape index (κ1) is 42.3. The van der Waals surface area contributed by atoms with Crippen molar-refractivity contribution in [2.45, 2.75) is 24.7 Å². The summed E-state index contributed by atoms with van der Waals surface area (Å²) in [6, 6.07) is 97.2. The van der Waals surface area contributed by atoms with Gasteiger partial charge in [0.05, 0.1) is 16.8 Å². The molecule has 72 heavy (non-hydrogen) atoms. The maximum absolute atomic E-state index is 2.53. The van der Waals surface area contributed by atoms with Crippen molar-refractivity contribution >= 4 is 48.6 Å². The fourth-order valence-corrected chi connectivity index (χ4v) is 13.8. The van der Waals surface area contributed by atoms with E-state index >= 15 is 0 Å². The SMILES string of the molecule is CC1(C)c2ccccc2-c2cccc(N(c3ccc(-c4cccc5c4sc4ccccc45)cc3)c3ccccc3-c3cccc(-c4ccc5c(c4)-c4ccccc4C5(c4ccccc4)c4ccccc4)c3)c21. The maximum atomic E-state index is 2.53. The third-order valence-corrected chi connectivity index (χ3v) is 17.0. The minimum Gasteiger partial charge on any atom is -0.310 e. The Morgan fingerprint density at radius 1 is 0.333 bits per heavy atom. The Morgan fingerprint density at radius 2 is 0.861 bits per heavy atom. The molecule has 0 bridgehead atoms. The molecule has 2 aliphatic rings. The van der Waals surface area contributed by atoms with Crippen molar-refractivity contribution in [1.29, 1.82) is 0 Å². The molecule has 0 N–H and O–H groups in total. The number of nitrogens with zero attached hydrogens (tertiary/aromatic N) is 1. The van der Waals surface area contributed by atoms with Gasteiger partial charge in [-0.15, -0.1) is 11.3 Å². The molecule has 1 heterocycles. The average molecular weight is 936 g/mol. The van der Waals surface area contributed by atoms with Gasteiger partial charge in [0.2, 0.25) is 0 Å². The Labute approximate surface area is 425 Å². The summed E-state index contributed by atoms with van der Waals surface area (Å²) in [5, 5.41) is 2.63. The Bertz CT molecular complexity index is 4030. The van der Waals surface area contributed by atoms with Crippen LogP contribution in [0.15, 0.2) is 261 Å². The molecule has 0 fully saturated rings. The van der Waals surface area contributed by atoms with Crippen LogP contribution in [0.2, 0.25) is 0 Å². The van der Waals surface area contributed by atoms with Gasteiger partial charge in [0.15, 0.2) is 0 Å². The van der Waals surface area contributed by atoms with Gasteiger partial charge in [0, 0.05) is 36.8 Å². The van der Waals surface area contributed by atoms with Crippen molar-refractivity contribution in [1.82, 2.24) is 0 Å². The third-order valence-electron chi connectivity index (χ3n) is 15.8. The van der Waals surface area contributed by atoms with E-state index in [1.807, 2.05) is 11.3 Å². The van der Waals surface area contributed by atoms with Gasteiger partial charge in [0.25, 0.3) is 0 Å². The van der Waals surface area contributed by atoms with Crippen LogP contribution in [0.1, 0.15) is 47.2 Å². The predicted octanol–water partition coefficient (Wildman–Crippen LogP) is 19.2. The summed E-state index contributed by atoms with van der Waals surface area (Å²) in [7, 11) is 0. The van der Waals surface area contributed by atoms with E-state index in [2.05, 4.69) is 280 Å². The fraction of sp³-hybridized carbons (Fsp3) is 0.0571. The summed E-state index contributed by atoms with van der Waals surface area (Å²) in [5.74, 6) is 0. The highest BCUT2D eigenvalue weighted by molar-refractivity contribution is 7.26. The van der Waals surface area contributed by atoms with Crippen molar-refractivity contribution in [3.63, 3.8) is 0 Å². The summed E-state index contributed by atoms with van der Waals surface area (Å²) >= 11 is 1.88. The lowest BCUT2D eigenvalue weighted by molar-refractivity contribution is 0.661. The Hall–Kier alpha value is -8.56. The molecule has 1 aromatic heterocycles. The minimum absolute atomic E-state index is 0.225. The monoisotopic (exact) mass is 935 g/mol. The molecule has 0 saturated carbocycles. The molecule has 0 unspecified atom stereocenters. The lowest BCUT2D eigenvalue weighted by atomic mass is 9.67. The normalized spacial score (nSPS) is 13.6. The summed E-state index contributed by atoms with van der Waals surface area (Å²) < 4.78 is 2.65. The second-order valence-electron chi connectivity index (χ2n) is 19.9. The van der Waals surface area contributed by atoms with Crippen LogP contribution in [0.3, 0.4) is 0 Å². The van der Waals surface area contributed by atoms with Crippen LogP contribution in [0.5, 0.6) is 0 Å². The highest BCUT2D eigenvalue weighted by Crippen LogP contribution is 2.58. The highest BCUT2D eigenvalue weighted by Gasteiger charge is 2.46. The molecule has 0 spiro atoms. The number of hydrogen-bond acceptors (Lipinski definition) is 2. The molecule has 340 valence electrons. The van der Waals surface area contributed by atoms with Gasteiger partial charge in [-0.3, -0.25) is 0 Å². The molecule has 12 aromatic rings. The lowest BCUT2D eigenvalue weighted by Gasteiger charge is -2.34. The summed E-state index contributed by atoms with van der Waals surface area (Å²) in [5.41, 5.74) is 23.0. The van der Waals surface area contributed by atoms with Crippen LogP contribution in [-0.4, -0.2) is 0 Å². The van der Waals surface area contributed by atoms with E-state index in [1.54, 1.807) is 0 Å². The minimum atomic E-state index is -0.436. The molecule has 0 saturated heterocycles. The van der Waals surface area contributed by atoms with E-state index in [0.717, 1.165) is 11.4 Å². The molecular formula is C70H49NS. The molecule has 0 radical (unpaired) electrons. The highest BCUT2D eigenvalue weighted by atomic mass is 32.1. The van der Waals surface area contributed by atoms with Crippen LogP contribution in [0.25, 0.3) is 75.8 Å². The van der Waals surface area contributed by atoms with Gasteiger partial charge >= 0.3 is 0 Å². The molecular weight excluding hydrogens is 887 g/mol. The fourth-order valence-electron chi connectivity index (χ4n) is 12.6. The number of thiophene rings is 1. The topological polar surface area (TPSA) is 3.24 Å². The Morgan fingerprint density at radius 3 is 1.64 bits per heavy atom. The molecule has 14 rings (SSSR count). The van der Waals surface area contributed by atoms with Crippen molar-refractivity contribution in [2.75, 3.05) is 4.90 Å². The van der Waals surface area contributed by atoms with Crippen LogP contribution in [0.4, 0.5) is 17.1 Å². The smallest absolute Gasteiger partial charge is 0.0713 e. The Balaban J connectivity index is 0.919. The summed E-state index contributed by atoms with van der Waals surface area (Å²) in [6.45, 7) is 4.78. The lowest BCUT2D eigenvalue weighted by Crippen LogP contribution is -2.28. The standard InChI is InChI=1S/C70H49NS/c1-69(2)61-33-13-9-27-55(61)58-31-19-36-65(67(58)69)71(52-41-38-46(39-42-52)54-30-18-32-59-57-29-12-16-37-66(57)72-68(54)59)64-35-15-11-26-53(64)49-21-17-20-47(44-49)48-40-43-63-60(45-48)56-28-10-14-34-62(56)70(63,50-22-5-3-6-23-50)51-24-7-4-8-25-51/h3-45H,1-2H3. The Kier molecular flexibility index (Phi) is 9.71. The van der Waals surface area contributed by atoms with Crippen LogP contribution in [0, 0.1) is 0 Å². The van der Waals surface area contributed by atoms with Gasteiger partial charge < -0.3 is 4.90 Å². The molecule has 0 amide bonds. The van der Waals surface area contributed by atoms with Gasteiger partial charge in [-0.1, -0.05) is 232 Å². The van der Waals surface area contributed by atoms with Crippen LogP contribution < -0.4 is 4.90 Å². The second kappa shape index (κ2) is 16.5. The number of hydrogen-bond donors (Lipinski definition) is 0. The van der Waals surface area contributed by atoms with E-state index in [9.17, 15) is 0 Å². The molecule has 2 heteroatoms. The molecule has 11 aromatic carbocycles. The zero-order valence-corrected chi connectivity index (χ0v) is 41.0. The first-order chi connectivity index (χ1) is 35.5. The average Bonchev–Trinajstić information content (AvgIpc) is 4.06. The molecule has 2 aliphatic carbocycles. The van der Waals surface area contributed by atoms with E-state index in [-0.39, 0.29) is 5.41 Å². The van der Waals surface area contributed by atoms with Crippen molar-refractivity contribution in [3.05, 3.63) is 294 Å². The zero-order chi connectivity index (χ0) is 48.0. The third kappa shape index (κ3) is 6.32. The van der Waals surface area contributed by atoms with Gasteiger partial charge in [0.1, 0.15) is 0 Å². The summed E-state index contributed by atoms with van der Waals surface area (Å²) in [4.78, 5) is 2.53. The first-order valence-corrected chi connectivity index (χ1v) is 25.9. The number of benzene rings is 11. The predicted molar refractivity (Wildman–Crippen MR) is 305 cm³/mol. The van der Waals surface area contributed by atoms with Crippen LogP contribution in [-0.2, 0) is 10.8 Å². The maximum Gasteiger partial charge on any atom is 0.0713 e. The number of fused-ring (bicyclic) bond motifs is 9. The van der Waals surface area contributed by atoms with Crippen LogP contribution >= 0.6 is 11.3 Å². The first-order valence-electron chi connectivity index (χ1n) is 25.1. The van der Waals surface area contributed by atoms with Gasteiger partial charge in [-0.25, -0.2) is 0 Å². The zero-order valence-electron chi connectivity index (χ0n) is 40.2. The summed E-state index contributed by atoms with van der Waals surface area (Å²) in [6.07, 6.45) is 0. The molecule has 0 atom stereocenters.